The number of carbonyl (C=O) groups excluding carboxylic acids is 1. The molecule has 1 amide bonds. The molecular weight excluding hydrogens is 312 g/mol. The average molecular weight is 344 g/mol. The fraction of sp³-hybridized carbons (Fsp3) is 0.667. The molecule has 1 saturated heterocycles. The maximum Gasteiger partial charge on any atom is 0.253 e. The van der Waals surface area contributed by atoms with E-state index in [0.717, 1.165) is 44.5 Å². The van der Waals surface area contributed by atoms with Gasteiger partial charge in [-0.25, -0.2) is 0 Å². The second-order valence-corrected chi connectivity index (χ2v) is 7.46. The van der Waals surface area contributed by atoms with Gasteiger partial charge in [-0.3, -0.25) is 4.79 Å². The highest BCUT2D eigenvalue weighted by Gasteiger charge is 2.24. The summed E-state index contributed by atoms with van der Waals surface area (Å²) < 4.78 is 5.82. The van der Waals surface area contributed by atoms with Gasteiger partial charge in [0.1, 0.15) is 0 Å². The van der Waals surface area contributed by atoms with Gasteiger partial charge in [0, 0.05) is 25.3 Å². The summed E-state index contributed by atoms with van der Waals surface area (Å²) >= 11 is 0. The lowest BCUT2D eigenvalue weighted by Gasteiger charge is -2.32. The van der Waals surface area contributed by atoms with Crippen LogP contribution < -0.4 is 5.73 Å². The minimum atomic E-state index is 0.163. The van der Waals surface area contributed by atoms with Gasteiger partial charge < -0.3 is 15.4 Å². The molecule has 1 aliphatic heterocycles. The number of hydrogen-bond donors (Lipinski definition) is 1. The summed E-state index contributed by atoms with van der Waals surface area (Å²) in [5.74, 6) is 0.856. The smallest absolute Gasteiger partial charge is 0.253 e. The van der Waals surface area contributed by atoms with Crippen LogP contribution in [0.1, 0.15) is 73.2 Å². The van der Waals surface area contributed by atoms with E-state index in [1.165, 1.54) is 37.7 Å². The highest BCUT2D eigenvalue weighted by Crippen LogP contribution is 2.32. The molecule has 0 spiro atoms. The van der Waals surface area contributed by atoms with Crippen LogP contribution in [0.3, 0.4) is 0 Å². The highest BCUT2D eigenvalue weighted by atomic mass is 16.5. The SMILES string of the molecule is NCCCOC1CCN(C(=O)c2ccc(C3CCCCC3)cc2)CC1. The van der Waals surface area contributed by atoms with Gasteiger partial charge in [-0.1, -0.05) is 31.4 Å². The summed E-state index contributed by atoms with van der Waals surface area (Å²) in [6.45, 7) is 2.99. The third-order valence-corrected chi connectivity index (χ3v) is 5.67. The van der Waals surface area contributed by atoms with Crippen LogP contribution in [-0.4, -0.2) is 43.2 Å². The van der Waals surface area contributed by atoms with Crippen molar-refractivity contribution in [2.45, 2.75) is 63.4 Å². The molecule has 25 heavy (non-hydrogen) atoms. The fourth-order valence-electron chi connectivity index (χ4n) is 4.08. The van der Waals surface area contributed by atoms with Gasteiger partial charge in [-0.05, 0) is 62.3 Å². The number of hydrogen-bond acceptors (Lipinski definition) is 3. The zero-order chi connectivity index (χ0) is 17.5. The number of nitrogens with zero attached hydrogens (tertiary/aromatic N) is 1. The monoisotopic (exact) mass is 344 g/mol. The van der Waals surface area contributed by atoms with Crippen LogP contribution in [0.4, 0.5) is 0 Å². The van der Waals surface area contributed by atoms with E-state index in [0.29, 0.717) is 12.5 Å². The highest BCUT2D eigenvalue weighted by molar-refractivity contribution is 5.94. The molecule has 0 bridgehead atoms. The van der Waals surface area contributed by atoms with Crippen LogP contribution in [0.2, 0.25) is 0 Å². The van der Waals surface area contributed by atoms with Gasteiger partial charge in [-0.15, -0.1) is 0 Å². The Morgan fingerprint density at radius 1 is 1.04 bits per heavy atom. The van der Waals surface area contributed by atoms with Crippen molar-refractivity contribution < 1.29 is 9.53 Å². The largest absolute Gasteiger partial charge is 0.378 e. The Balaban J connectivity index is 1.49. The van der Waals surface area contributed by atoms with Gasteiger partial charge >= 0.3 is 0 Å². The van der Waals surface area contributed by atoms with Gasteiger partial charge in [0.25, 0.3) is 5.91 Å². The lowest BCUT2D eigenvalue weighted by molar-refractivity contribution is 0.00844. The molecule has 1 aliphatic carbocycles. The summed E-state index contributed by atoms with van der Waals surface area (Å²) in [5, 5.41) is 0. The number of ether oxygens (including phenoxy) is 1. The van der Waals surface area contributed by atoms with E-state index < -0.39 is 0 Å². The molecule has 2 aliphatic rings. The molecule has 0 radical (unpaired) electrons. The second-order valence-electron chi connectivity index (χ2n) is 7.46. The summed E-state index contributed by atoms with van der Waals surface area (Å²) in [7, 11) is 0. The summed E-state index contributed by atoms with van der Waals surface area (Å²) in [6, 6.07) is 8.39. The molecule has 1 heterocycles. The van der Waals surface area contributed by atoms with E-state index in [-0.39, 0.29) is 12.0 Å². The normalized spacial score (nSPS) is 20.0. The van der Waals surface area contributed by atoms with E-state index in [4.69, 9.17) is 10.5 Å². The number of rotatable bonds is 6. The van der Waals surface area contributed by atoms with Crippen molar-refractivity contribution in [3.8, 4) is 0 Å². The van der Waals surface area contributed by atoms with Crippen molar-refractivity contribution in [3.63, 3.8) is 0 Å². The van der Waals surface area contributed by atoms with Crippen LogP contribution in [0, 0.1) is 0 Å². The molecule has 0 atom stereocenters. The van der Waals surface area contributed by atoms with Gasteiger partial charge in [0.15, 0.2) is 0 Å². The standard InChI is InChI=1S/C21H32N2O2/c22-13-4-16-25-20-11-14-23(15-12-20)21(24)19-9-7-18(8-10-19)17-5-2-1-3-6-17/h7-10,17,20H,1-6,11-16,22H2. The second kappa shape index (κ2) is 9.35. The first-order valence-corrected chi connectivity index (χ1v) is 9.99. The molecule has 3 rings (SSSR count). The third-order valence-electron chi connectivity index (χ3n) is 5.67. The third kappa shape index (κ3) is 5.05. The predicted octanol–water partition coefficient (Wildman–Crippen LogP) is 3.70. The number of benzene rings is 1. The number of nitrogens with two attached hydrogens (primary N) is 1. The maximum absolute atomic E-state index is 12.7. The summed E-state index contributed by atoms with van der Waals surface area (Å²) in [6.07, 6.45) is 9.69. The zero-order valence-electron chi connectivity index (χ0n) is 15.3. The molecule has 0 aromatic heterocycles. The summed E-state index contributed by atoms with van der Waals surface area (Å²) in [5.41, 5.74) is 7.72. The van der Waals surface area contributed by atoms with Crippen molar-refractivity contribution in [3.05, 3.63) is 35.4 Å². The molecule has 1 aromatic rings. The molecule has 1 saturated carbocycles. The lowest BCUT2D eigenvalue weighted by atomic mass is 9.84. The Morgan fingerprint density at radius 3 is 2.36 bits per heavy atom. The first kappa shape index (κ1) is 18.4. The first-order chi connectivity index (χ1) is 12.3. The Hall–Kier alpha value is -1.39. The Morgan fingerprint density at radius 2 is 1.72 bits per heavy atom. The topological polar surface area (TPSA) is 55.6 Å². The number of carbonyl (C=O) groups is 1. The number of amides is 1. The summed E-state index contributed by atoms with van der Waals surface area (Å²) in [4.78, 5) is 14.7. The molecule has 0 unspecified atom stereocenters. The van der Waals surface area contributed by atoms with Crippen LogP contribution >= 0.6 is 0 Å². The van der Waals surface area contributed by atoms with Crippen molar-refractivity contribution in [1.29, 1.82) is 0 Å². The van der Waals surface area contributed by atoms with Crippen molar-refractivity contribution >= 4 is 5.91 Å². The van der Waals surface area contributed by atoms with Gasteiger partial charge in [-0.2, -0.15) is 0 Å². The molecule has 1 aromatic carbocycles. The minimum absolute atomic E-state index is 0.163. The molecular formula is C21H32N2O2. The van der Waals surface area contributed by atoms with Crippen molar-refractivity contribution in [1.82, 2.24) is 4.90 Å². The van der Waals surface area contributed by atoms with E-state index >= 15 is 0 Å². The zero-order valence-corrected chi connectivity index (χ0v) is 15.3. The Kier molecular flexibility index (Phi) is 6.88. The van der Waals surface area contributed by atoms with E-state index in [2.05, 4.69) is 12.1 Å². The minimum Gasteiger partial charge on any atom is -0.378 e. The van der Waals surface area contributed by atoms with Crippen LogP contribution in [-0.2, 0) is 4.74 Å². The maximum atomic E-state index is 12.7. The Labute approximate surface area is 151 Å². The van der Waals surface area contributed by atoms with E-state index in [9.17, 15) is 4.79 Å². The predicted molar refractivity (Wildman–Crippen MR) is 101 cm³/mol. The fourth-order valence-corrected chi connectivity index (χ4v) is 4.08. The van der Waals surface area contributed by atoms with Gasteiger partial charge in [0.2, 0.25) is 0 Å². The number of piperidine rings is 1. The van der Waals surface area contributed by atoms with Crippen molar-refractivity contribution in [2.75, 3.05) is 26.2 Å². The Bertz CT molecular complexity index is 529. The van der Waals surface area contributed by atoms with Crippen molar-refractivity contribution in [2.24, 2.45) is 5.73 Å². The van der Waals surface area contributed by atoms with E-state index in [1.54, 1.807) is 0 Å². The molecule has 4 nitrogen and oxygen atoms in total. The average Bonchev–Trinajstić information content (AvgIpc) is 2.69. The van der Waals surface area contributed by atoms with Gasteiger partial charge in [0.05, 0.1) is 6.10 Å². The molecule has 138 valence electrons. The molecule has 2 N–H and O–H groups in total. The number of likely N-dealkylation sites (tertiary alicyclic amines) is 1. The van der Waals surface area contributed by atoms with Crippen LogP contribution in [0.5, 0.6) is 0 Å². The van der Waals surface area contributed by atoms with E-state index in [1.807, 2.05) is 17.0 Å². The van der Waals surface area contributed by atoms with Crippen LogP contribution in [0.15, 0.2) is 24.3 Å². The first-order valence-electron chi connectivity index (χ1n) is 9.99. The molecule has 4 heteroatoms. The quantitative estimate of drug-likeness (QED) is 0.801. The lowest BCUT2D eigenvalue weighted by Crippen LogP contribution is -2.41. The van der Waals surface area contributed by atoms with Crippen LogP contribution in [0.25, 0.3) is 0 Å². The molecule has 2 fully saturated rings.